The number of carbonyl (C=O) groups excluding carboxylic acids is 1. The maximum Gasteiger partial charge on any atom is 0.219 e. The molecule has 2 aliphatic heterocycles. The van der Waals surface area contributed by atoms with Gasteiger partial charge < -0.3 is 20.6 Å². The van der Waals surface area contributed by atoms with E-state index in [4.69, 9.17) is 0 Å². The zero-order chi connectivity index (χ0) is 24.2. The standard InChI is InChI=1S/C26H33N7O2/c1-18(34)33-12-8-21(9-13-33)31-25-23-6-10-27-26(24(23)29-17-30-25)28-14-22(35)16-32-11-7-19-4-2-3-5-20(19)15-32/h2-6,10,17,21-22,35H,7-9,11-16H2,1H3,(H,27,28)(H,29,30,31)/t22-/m0/s1. The van der Waals surface area contributed by atoms with Crippen LogP contribution in [-0.2, 0) is 17.8 Å². The molecule has 9 heteroatoms. The number of nitrogens with zero attached hydrogens (tertiary/aromatic N) is 5. The number of amides is 1. The lowest BCUT2D eigenvalue weighted by Crippen LogP contribution is -2.41. The lowest BCUT2D eigenvalue weighted by molar-refractivity contribution is -0.129. The fraction of sp³-hybridized carbons (Fsp3) is 0.462. The fourth-order valence-corrected chi connectivity index (χ4v) is 5.05. The number of benzene rings is 1. The number of hydrogen-bond donors (Lipinski definition) is 3. The summed E-state index contributed by atoms with van der Waals surface area (Å²) in [5.74, 6) is 1.54. The number of anilines is 2. The third-order valence-corrected chi connectivity index (χ3v) is 7.02. The first-order valence-electron chi connectivity index (χ1n) is 12.4. The lowest BCUT2D eigenvalue weighted by Gasteiger charge is -2.32. The molecule has 0 unspecified atom stereocenters. The predicted octanol–water partition coefficient (Wildman–Crippen LogP) is 2.28. The highest BCUT2D eigenvalue weighted by molar-refractivity contribution is 5.95. The second kappa shape index (κ2) is 10.5. The molecule has 4 heterocycles. The molecule has 1 fully saturated rings. The summed E-state index contributed by atoms with van der Waals surface area (Å²) in [4.78, 5) is 29.2. The molecule has 2 aliphatic rings. The number of rotatable bonds is 7. The van der Waals surface area contributed by atoms with E-state index in [0.717, 1.165) is 62.2 Å². The quantitative estimate of drug-likeness (QED) is 0.478. The number of pyridine rings is 1. The lowest BCUT2D eigenvalue weighted by atomic mass is 10.00. The van der Waals surface area contributed by atoms with Crippen molar-refractivity contribution < 1.29 is 9.90 Å². The van der Waals surface area contributed by atoms with E-state index >= 15 is 0 Å². The summed E-state index contributed by atoms with van der Waals surface area (Å²) in [6.07, 6.45) is 5.54. The van der Waals surface area contributed by atoms with Gasteiger partial charge >= 0.3 is 0 Å². The SMILES string of the molecule is CC(=O)N1CCC(Nc2ncnc3c(NC[C@H](O)CN4CCc5ccccc5C4)nccc23)CC1. The van der Waals surface area contributed by atoms with Crippen molar-refractivity contribution in [3.63, 3.8) is 0 Å². The van der Waals surface area contributed by atoms with Crippen molar-refractivity contribution in [3.8, 4) is 0 Å². The molecule has 35 heavy (non-hydrogen) atoms. The average molecular weight is 476 g/mol. The molecule has 9 nitrogen and oxygen atoms in total. The molecule has 184 valence electrons. The number of likely N-dealkylation sites (tertiary alicyclic amines) is 1. The summed E-state index contributed by atoms with van der Waals surface area (Å²) in [6.45, 7) is 5.94. The van der Waals surface area contributed by atoms with Gasteiger partial charge in [-0.05, 0) is 36.5 Å². The number of nitrogens with one attached hydrogen (secondary N) is 2. The van der Waals surface area contributed by atoms with Crippen LogP contribution in [0.1, 0.15) is 30.9 Å². The van der Waals surface area contributed by atoms with Crippen LogP contribution in [0.2, 0.25) is 0 Å². The van der Waals surface area contributed by atoms with Gasteiger partial charge in [-0.15, -0.1) is 0 Å². The number of aliphatic hydroxyl groups excluding tert-OH is 1. The van der Waals surface area contributed by atoms with Crippen LogP contribution < -0.4 is 10.6 Å². The highest BCUT2D eigenvalue weighted by atomic mass is 16.3. The number of piperidine rings is 1. The Labute approximate surface area is 205 Å². The van der Waals surface area contributed by atoms with E-state index in [-0.39, 0.29) is 11.9 Å². The van der Waals surface area contributed by atoms with Crippen LogP contribution in [0.5, 0.6) is 0 Å². The van der Waals surface area contributed by atoms with Gasteiger partial charge in [0.15, 0.2) is 5.82 Å². The van der Waals surface area contributed by atoms with Gasteiger partial charge in [-0.25, -0.2) is 15.0 Å². The Morgan fingerprint density at radius 1 is 1.09 bits per heavy atom. The highest BCUT2D eigenvalue weighted by Gasteiger charge is 2.22. The average Bonchev–Trinajstić information content (AvgIpc) is 2.88. The number of aromatic nitrogens is 3. The second-order valence-corrected chi connectivity index (χ2v) is 9.49. The van der Waals surface area contributed by atoms with Crippen LogP contribution in [0.4, 0.5) is 11.6 Å². The van der Waals surface area contributed by atoms with E-state index in [1.807, 2.05) is 11.0 Å². The number of hydrogen-bond acceptors (Lipinski definition) is 8. The Morgan fingerprint density at radius 3 is 2.69 bits per heavy atom. The molecule has 1 saturated heterocycles. The smallest absolute Gasteiger partial charge is 0.219 e. The van der Waals surface area contributed by atoms with Crippen molar-refractivity contribution in [3.05, 3.63) is 54.0 Å². The van der Waals surface area contributed by atoms with Crippen molar-refractivity contribution in [1.82, 2.24) is 24.8 Å². The van der Waals surface area contributed by atoms with Crippen molar-refractivity contribution >= 4 is 28.4 Å². The molecule has 3 N–H and O–H groups in total. The third-order valence-electron chi connectivity index (χ3n) is 7.02. The van der Waals surface area contributed by atoms with Gasteiger partial charge in [-0.2, -0.15) is 0 Å². The number of β-amino-alcohol motifs (C(OH)–C–C–N with tert-alkyl or cyclic N) is 1. The van der Waals surface area contributed by atoms with Crippen LogP contribution in [0.15, 0.2) is 42.9 Å². The van der Waals surface area contributed by atoms with E-state index in [2.05, 4.69) is 54.8 Å². The van der Waals surface area contributed by atoms with Crippen LogP contribution >= 0.6 is 0 Å². The Kier molecular flexibility index (Phi) is 7.06. The molecular formula is C26H33N7O2. The zero-order valence-electron chi connectivity index (χ0n) is 20.2. The van der Waals surface area contributed by atoms with Gasteiger partial charge in [0.1, 0.15) is 17.7 Å². The minimum Gasteiger partial charge on any atom is -0.390 e. The second-order valence-electron chi connectivity index (χ2n) is 9.49. The first-order valence-corrected chi connectivity index (χ1v) is 12.4. The Balaban J connectivity index is 1.20. The van der Waals surface area contributed by atoms with Crippen molar-refractivity contribution in [2.75, 3.05) is 43.4 Å². The van der Waals surface area contributed by atoms with Crippen LogP contribution in [-0.4, -0.2) is 80.6 Å². The maximum absolute atomic E-state index is 11.6. The summed E-state index contributed by atoms with van der Waals surface area (Å²) >= 11 is 0. The summed E-state index contributed by atoms with van der Waals surface area (Å²) in [6, 6.07) is 10.7. The van der Waals surface area contributed by atoms with E-state index in [0.29, 0.717) is 18.9 Å². The highest BCUT2D eigenvalue weighted by Crippen LogP contribution is 2.26. The first kappa shape index (κ1) is 23.4. The molecule has 1 amide bonds. The monoisotopic (exact) mass is 475 g/mol. The summed E-state index contributed by atoms with van der Waals surface area (Å²) < 4.78 is 0. The summed E-state index contributed by atoms with van der Waals surface area (Å²) in [5, 5.41) is 18.4. The largest absolute Gasteiger partial charge is 0.390 e. The van der Waals surface area contributed by atoms with E-state index < -0.39 is 6.10 Å². The molecule has 0 aliphatic carbocycles. The summed E-state index contributed by atoms with van der Waals surface area (Å²) in [5.41, 5.74) is 3.48. The van der Waals surface area contributed by atoms with Gasteiger partial charge in [0.05, 0.1) is 6.10 Å². The van der Waals surface area contributed by atoms with E-state index in [1.165, 1.54) is 11.1 Å². The topological polar surface area (TPSA) is 107 Å². The normalized spacial score (nSPS) is 17.7. The first-order chi connectivity index (χ1) is 17.1. The van der Waals surface area contributed by atoms with E-state index in [1.54, 1.807) is 19.4 Å². The van der Waals surface area contributed by atoms with Gasteiger partial charge in [0, 0.05) is 63.8 Å². The fourth-order valence-electron chi connectivity index (χ4n) is 5.05. The Morgan fingerprint density at radius 2 is 1.89 bits per heavy atom. The zero-order valence-corrected chi connectivity index (χ0v) is 20.2. The van der Waals surface area contributed by atoms with Gasteiger partial charge in [-0.3, -0.25) is 9.69 Å². The van der Waals surface area contributed by atoms with E-state index in [9.17, 15) is 9.90 Å². The van der Waals surface area contributed by atoms with Gasteiger partial charge in [-0.1, -0.05) is 24.3 Å². The molecule has 2 aromatic heterocycles. The Bertz CT molecular complexity index is 1180. The van der Waals surface area contributed by atoms with Gasteiger partial charge in [0.2, 0.25) is 5.91 Å². The minimum atomic E-state index is -0.525. The molecular weight excluding hydrogens is 442 g/mol. The molecule has 5 rings (SSSR count). The van der Waals surface area contributed by atoms with Crippen LogP contribution in [0.25, 0.3) is 10.9 Å². The molecule has 3 aromatic rings. The minimum absolute atomic E-state index is 0.130. The molecule has 1 aromatic carbocycles. The maximum atomic E-state index is 11.6. The molecule has 1 atom stereocenters. The molecule has 0 bridgehead atoms. The number of fused-ring (bicyclic) bond motifs is 2. The van der Waals surface area contributed by atoms with Crippen molar-refractivity contribution in [1.29, 1.82) is 0 Å². The van der Waals surface area contributed by atoms with Crippen LogP contribution in [0, 0.1) is 0 Å². The predicted molar refractivity (Wildman–Crippen MR) is 136 cm³/mol. The van der Waals surface area contributed by atoms with Crippen molar-refractivity contribution in [2.45, 2.75) is 44.9 Å². The number of carbonyl (C=O) groups is 1. The van der Waals surface area contributed by atoms with Gasteiger partial charge in [0.25, 0.3) is 0 Å². The molecule has 0 saturated carbocycles. The Hall–Kier alpha value is -3.30. The molecule has 0 radical (unpaired) electrons. The van der Waals surface area contributed by atoms with Crippen molar-refractivity contribution in [2.24, 2.45) is 0 Å². The van der Waals surface area contributed by atoms with Crippen LogP contribution in [0.3, 0.4) is 0 Å². The summed E-state index contributed by atoms with van der Waals surface area (Å²) in [7, 11) is 0. The number of aliphatic hydroxyl groups is 1. The third kappa shape index (κ3) is 5.52. The molecule has 0 spiro atoms.